The van der Waals surface area contributed by atoms with E-state index >= 15 is 0 Å². The van der Waals surface area contributed by atoms with Gasteiger partial charge in [-0.15, -0.1) is 0 Å². The summed E-state index contributed by atoms with van der Waals surface area (Å²) in [5, 5.41) is 0. The van der Waals surface area contributed by atoms with Gasteiger partial charge in [-0.25, -0.2) is 0 Å². The van der Waals surface area contributed by atoms with Gasteiger partial charge in [0.15, 0.2) is 0 Å². The molecule has 1 aliphatic rings. The summed E-state index contributed by atoms with van der Waals surface area (Å²) in [7, 11) is 0. The Morgan fingerprint density at radius 2 is 1.50 bits per heavy atom. The molecule has 1 saturated carbocycles. The number of hydrogen-bond donors (Lipinski definition) is 0. The van der Waals surface area contributed by atoms with Crippen LogP contribution in [0.5, 0.6) is 0 Å². The second-order valence-electron chi connectivity index (χ2n) is 3.12. The van der Waals surface area contributed by atoms with Crippen LogP contribution in [0.1, 0.15) is 33.6 Å². The summed E-state index contributed by atoms with van der Waals surface area (Å²) in [5.41, 5.74) is 0. The molecule has 46 valence electrons. The average molecular weight is 111 g/mol. The first-order valence-corrected chi connectivity index (χ1v) is 3.55. The van der Waals surface area contributed by atoms with E-state index in [1.165, 1.54) is 12.8 Å². The minimum atomic E-state index is 0.907. The van der Waals surface area contributed by atoms with Crippen LogP contribution in [0.25, 0.3) is 0 Å². The van der Waals surface area contributed by atoms with Gasteiger partial charge in [0, 0.05) is 0 Å². The lowest BCUT2D eigenvalue weighted by Gasteiger charge is -1.99. The maximum atomic E-state index is 2.33. The van der Waals surface area contributed by atoms with Crippen LogP contribution >= 0.6 is 0 Å². The van der Waals surface area contributed by atoms with E-state index in [-0.39, 0.29) is 0 Å². The Kier molecular flexibility index (Phi) is 1.50. The molecule has 0 aromatic rings. The molecule has 2 unspecified atom stereocenters. The third-order valence-electron chi connectivity index (χ3n) is 2.59. The van der Waals surface area contributed by atoms with Crippen LogP contribution in [0.4, 0.5) is 0 Å². The van der Waals surface area contributed by atoms with Gasteiger partial charge >= 0.3 is 0 Å². The average Bonchev–Trinajstić information content (AvgIpc) is 1.98. The van der Waals surface area contributed by atoms with E-state index in [4.69, 9.17) is 0 Å². The first-order valence-electron chi connectivity index (χ1n) is 3.55. The molecule has 0 spiro atoms. The van der Waals surface area contributed by atoms with E-state index in [0.29, 0.717) is 0 Å². The molecule has 0 N–H and O–H groups in total. The van der Waals surface area contributed by atoms with E-state index < -0.39 is 0 Å². The quantitative estimate of drug-likeness (QED) is 0.421. The zero-order valence-electron chi connectivity index (χ0n) is 6.07. The summed E-state index contributed by atoms with van der Waals surface area (Å²) in [6, 6.07) is 0. The molecule has 1 aliphatic carbocycles. The predicted molar refractivity (Wildman–Crippen MR) is 36.5 cm³/mol. The van der Waals surface area contributed by atoms with Crippen LogP contribution in [-0.4, -0.2) is 0 Å². The van der Waals surface area contributed by atoms with Gasteiger partial charge in [-0.1, -0.05) is 0 Å². The minimum absolute atomic E-state index is 0.907. The molecule has 1 fully saturated rings. The maximum absolute atomic E-state index is 2.33. The molecule has 0 bridgehead atoms. The van der Waals surface area contributed by atoms with E-state index in [0.717, 1.165) is 11.8 Å². The highest BCUT2D eigenvalue weighted by atomic mass is 14.3. The van der Waals surface area contributed by atoms with E-state index in [1.807, 2.05) is 0 Å². The summed E-state index contributed by atoms with van der Waals surface area (Å²) in [4.78, 5) is 0. The Morgan fingerprint density at radius 1 is 1.12 bits per heavy atom. The Hall–Kier alpha value is -0.130. The lowest BCUT2D eigenvalue weighted by atomic mass is 9.94. The molecule has 2 atom stereocenters. The van der Waals surface area contributed by atoms with Crippen molar-refractivity contribution in [2.75, 3.05) is 0 Å². The van der Waals surface area contributed by atoms with Gasteiger partial charge in [-0.2, -0.15) is 0 Å². The molecular formula is C8H15+. The Balaban J connectivity index is 2.44. The van der Waals surface area contributed by atoms with Gasteiger partial charge in [-0.05, 0) is 26.7 Å². The monoisotopic (exact) mass is 111 g/mol. The fraction of sp³-hybridized carbons (Fsp3) is 0.875. The van der Waals surface area contributed by atoms with Gasteiger partial charge in [0.1, 0.15) is 0 Å². The standard InChI is InChI=1S/C8H15/c1-6-4-5-7(2)8(6)3/h6-7H,4-5H2,1-3H3/q+1. The van der Waals surface area contributed by atoms with Crippen LogP contribution in [0, 0.1) is 17.8 Å². The van der Waals surface area contributed by atoms with Gasteiger partial charge in [0.2, 0.25) is 0 Å². The predicted octanol–water partition coefficient (Wildman–Crippen LogP) is 2.65. The second-order valence-corrected chi connectivity index (χ2v) is 3.12. The molecular weight excluding hydrogens is 96.1 g/mol. The third-order valence-corrected chi connectivity index (χ3v) is 2.59. The molecule has 0 heteroatoms. The summed E-state index contributed by atoms with van der Waals surface area (Å²) < 4.78 is 0. The van der Waals surface area contributed by atoms with Crippen molar-refractivity contribution in [3.63, 3.8) is 0 Å². The Labute approximate surface area is 52.3 Å². The molecule has 0 saturated heterocycles. The van der Waals surface area contributed by atoms with E-state index in [2.05, 4.69) is 20.8 Å². The van der Waals surface area contributed by atoms with Crippen molar-refractivity contribution in [1.29, 1.82) is 0 Å². The van der Waals surface area contributed by atoms with Crippen LogP contribution in [0.3, 0.4) is 0 Å². The molecule has 8 heavy (non-hydrogen) atoms. The van der Waals surface area contributed by atoms with Gasteiger partial charge in [-0.3, -0.25) is 0 Å². The second kappa shape index (κ2) is 2.00. The number of hydrogen-bond acceptors (Lipinski definition) is 0. The van der Waals surface area contributed by atoms with Crippen molar-refractivity contribution in [3.8, 4) is 0 Å². The molecule has 0 aromatic carbocycles. The molecule has 1 rings (SSSR count). The van der Waals surface area contributed by atoms with Gasteiger partial charge in [0.05, 0.1) is 24.7 Å². The van der Waals surface area contributed by atoms with Crippen LogP contribution in [-0.2, 0) is 0 Å². The largest absolute Gasteiger partial charge is 0.0976 e. The summed E-state index contributed by atoms with van der Waals surface area (Å²) >= 11 is 0. The Morgan fingerprint density at radius 3 is 1.62 bits per heavy atom. The minimum Gasteiger partial charge on any atom is -0.0213 e. The molecule has 0 radical (unpaired) electrons. The summed E-state index contributed by atoms with van der Waals surface area (Å²) in [6.45, 7) is 6.96. The topological polar surface area (TPSA) is 0 Å². The zero-order chi connectivity index (χ0) is 6.15. The molecule has 0 heterocycles. The van der Waals surface area contributed by atoms with E-state index in [9.17, 15) is 0 Å². The van der Waals surface area contributed by atoms with Crippen LogP contribution in [0.15, 0.2) is 0 Å². The summed E-state index contributed by atoms with van der Waals surface area (Å²) in [5.74, 6) is 3.53. The van der Waals surface area contributed by atoms with Crippen molar-refractivity contribution in [3.05, 3.63) is 5.92 Å². The van der Waals surface area contributed by atoms with Gasteiger partial charge in [0.25, 0.3) is 0 Å². The first-order chi connectivity index (χ1) is 3.72. The van der Waals surface area contributed by atoms with Crippen molar-refractivity contribution >= 4 is 0 Å². The van der Waals surface area contributed by atoms with Crippen molar-refractivity contribution < 1.29 is 0 Å². The lowest BCUT2D eigenvalue weighted by Crippen LogP contribution is -2.01. The molecule has 0 amide bonds. The Bertz CT molecular complexity index is 66.1. The van der Waals surface area contributed by atoms with E-state index in [1.54, 1.807) is 5.92 Å². The third kappa shape index (κ3) is 0.841. The maximum Gasteiger partial charge on any atom is 0.0976 e. The fourth-order valence-corrected chi connectivity index (χ4v) is 1.44. The van der Waals surface area contributed by atoms with Gasteiger partial charge < -0.3 is 0 Å². The summed E-state index contributed by atoms with van der Waals surface area (Å²) in [6.07, 6.45) is 2.85. The van der Waals surface area contributed by atoms with Crippen molar-refractivity contribution in [2.45, 2.75) is 33.6 Å². The highest BCUT2D eigenvalue weighted by Crippen LogP contribution is 2.37. The fourth-order valence-electron chi connectivity index (χ4n) is 1.44. The SMILES string of the molecule is C[C+]1C(C)CCC1C. The number of rotatable bonds is 0. The highest BCUT2D eigenvalue weighted by molar-refractivity contribution is 5.00. The normalized spacial score (nSPS) is 38.6. The molecule has 0 aliphatic heterocycles. The smallest absolute Gasteiger partial charge is 0.0213 e. The van der Waals surface area contributed by atoms with Crippen molar-refractivity contribution in [2.24, 2.45) is 11.8 Å². The lowest BCUT2D eigenvalue weighted by molar-refractivity contribution is 0.610. The molecule has 0 aromatic heterocycles. The van der Waals surface area contributed by atoms with Crippen LogP contribution in [0.2, 0.25) is 0 Å². The van der Waals surface area contributed by atoms with Crippen molar-refractivity contribution in [1.82, 2.24) is 0 Å². The zero-order valence-corrected chi connectivity index (χ0v) is 6.07. The highest BCUT2D eigenvalue weighted by Gasteiger charge is 2.36. The molecule has 0 nitrogen and oxygen atoms in total. The van der Waals surface area contributed by atoms with Crippen LogP contribution < -0.4 is 0 Å². The first kappa shape index (κ1) is 6.00.